The van der Waals surface area contributed by atoms with Gasteiger partial charge >= 0.3 is 6.03 Å². The van der Waals surface area contributed by atoms with Crippen molar-refractivity contribution in [2.75, 3.05) is 65.0 Å². The Bertz CT molecular complexity index is 1700. The third-order valence-corrected chi connectivity index (χ3v) is 10.2. The van der Waals surface area contributed by atoms with Crippen LogP contribution in [0.15, 0.2) is 42.5 Å². The summed E-state index contributed by atoms with van der Waals surface area (Å²) < 4.78 is 17.2. The number of nitrogens with one attached hydrogen (secondary N) is 4. The van der Waals surface area contributed by atoms with E-state index in [9.17, 15) is 28.8 Å². The Balaban J connectivity index is 0.881. The molecular weight excluding hydrogens is 672 g/mol. The number of ether oxygens (including phenoxy) is 3. The van der Waals surface area contributed by atoms with E-state index in [0.29, 0.717) is 51.7 Å². The Morgan fingerprint density at radius 1 is 0.942 bits per heavy atom. The summed E-state index contributed by atoms with van der Waals surface area (Å²) in [5.41, 5.74) is 3.26. The number of hydrogen-bond donors (Lipinski definition) is 4. The first kappa shape index (κ1) is 37.1. The van der Waals surface area contributed by atoms with E-state index in [0.717, 1.165) is 29.0 Å². The number of carbonyl (C=O) groups is 6. The summed E-state index contributed by atoms with van der Waals surface area (Å²) in [5.74, 6) is -2.50. The lowest BCUT2D eigenvalue weighted by atomic mass is 9.75. The number of ketones is 1. The van der Waals surface area contributed by atoms with Crippen LogP contribution in [-0.2, 0) is 35.1 Å². The van der Waals surface area contributed by atoms with Gasteiger partial charge in [0, 0.05) is 44.7 Å². The maximum absolute atomic E-state index is 13.7. The molecule has 278 valence electrons. The normalized spacial score (nSPS) is 23.3. The highest BCUT2D eigenvalue weighted by Gasteiger charge is 2.46. The minimum absolute atomic E-state index is 0.0141. The smallest absolute Gasteiger partial charge is 0.317 e. The van der Waals surface area contributed by atoms with E-state index in [1.807, 2.05) is 23.1 Å². The molecule has 0 bridgehead atoms. The highest BCUT2D eigenvalue weighted by molar-refractivity contribution is 6.23. The second-order valence-electron chi connectivity index (χ2n) is 13.4. The van der Waals surface area contributed by atoms with Gasteiger partial charge in [-0.1, -0.05) is 24.3 Å². The van der Waals surface area contributed by atoms with E-state index in [1.165, 1.54) is 0 Å². The lowest BCUT2D eigenvalue weighted by molar-refractivity contribution is -0.138. The Morgan fingerprint density at radius 3 is 2.48 bits per heavy atom. The Labute approximate surface area is 302 Å². The molecule has 2 saturated heterocycles. The van der Waals surface area contributed by atoms with Gasteiger partial charge in [0.25, 0.3) is 11.8 Å². The first-order valence-electron chi connectivity index (χ1n) is 17.9. The molecule has 0 radical (unpaired) electrons. The molecule has 4 N–H and O–H groups in total. The number of fused-ring (bicyclic) bond motifs is 2. The van der Waals surface area contributed by atoms with Crippen molar-refractivity contribution in [1.82, 2.24) is 25.8 Å². The van der Waals surface area contributed by atoms with Gasteiger partial charge in [-0.15, -0.1) is 0 Å². The van der Waals surface area contributed by atoms with Crippen molar-refractivity contribution in [3.05, 3.63) is 64.7 Å². The lowest BCUT2D eigenvalue weighted by Crippen LogP contribution is -2.54. The number of Topliss-reactive ketones (excluding diaryl/α,β-unsaturated/α-hetero) is 1. The minimum Gasteiger partial charge on any atom is -0.383 e. The quantitative estimate of drug-likeness (QED) is 0.155. The minimum atomic E-state index is -1.01. The number of hydrogen-bond acceptors (Lipinski definition) is 11. The molecule has 4 aliphatic heterocycles. The summed E-state index contributed by atoms with van der Waals surface area (Å²) in [6.07, 6.45) is 0.308. The zero-order valence-electron chi connectivity index (χ0n) is 29.5. The molecule has 5 atom stereocenters. The fourth-order valence-corrected chi connectivity index (χ4v) is 7.63. The van der Waals surface area contributed by atoms with Crippen molar-refractivity contribution in [1.29, 1.82) is 0 Å². The number of urea groups is 1. The SMILES string of the molecule is CNC(=O)N1Cc2ccccc2C1C1CCNCC1C(=O)C(C)OCCOCCOCCNc1ccc2c(c1)C(=O)N(C1CCC(=O)NC1=O)C2=O. The molecule has 6 rings (SSSR count). The zero-order chi connectivity index (χ0) is 36.8. The van der Waals surface area contributed by atoms with Crippen LogP contribution in [0, 0.1) is 11.8 Å². The van der Waals surface area contributed by atoms with Crippen molar-refractivity contribution in [3.63, 3.8) is 0 Å². The highest BCUT2D eigenvalue weighted by atomic mass is 16.5. The van der Waals surface area contributed by atoms with Crippen LogP contribution in [0.4, 0.5) is 10.5 Å². The summed E-state index contributed by atoms with van der Waals surface area (Å²) in [4.78, 5) is 79.0. The van der Waals surface area contributed by atoms with Crippen LogP contribution < -0.4 is 21.3 Å². The number of anilines is 1. The van der Waals surface area contributed by atoms with Crippen molar-refractivity contribution >= 4 is 41.1 Å². The van der Waals surface area contributed by atoms with Crippen LogP contribution >= 0.6 is 0 Å². The predicted octanol–water partition coefficient (Wildman–Crippen LogP) is 1.63. The first-order valence-corrected chi connectivity index (χ1v) is 17.9. The number of imide groups is 2. The van der Waals surface area contributed by atoms with Crippen molar-refractivity contribution in [2.24, 2.45) is 11.8 Å². The molecule has 2 aromatic carbocycles. The number of nitrogens with zero attached hydrogens (tertiary/aromatic N) is 2. The molecule has 2 aromatic rings. The van der Waals surface area contributed by atoms with Crippen molar-refractivity contribution in [3.8, 4) is 0 Å². The number of carbonyl (C=O) groups excluding carboxylic acids is 6. The molecule has 4 aliphatic rings. The molecule has 52 heavy (non-hydrogen) atoms. The van der Waals surface area contributed by atoms with Crippen LogP contribution in [0.5, 0.6) is 0 Å². The van der Waals surface area contributed by atoms with Gasteiger partial charge in [0.15, 0.2) is 5.78 Å². The molecule has 0 aromatic heterocycles. The van der Waals surface area contributed by atoms with Gasteiger partial charge in [0.2, 0.25) is 11.8 Å². The maximum Gasteiger partial charge on any atom is 0.317 e. The van der Waals surface area contributed by atoms with Gasteiger partial charge in [-0.05, 0) is 61.6 Å². The summed E-state index contributed by atoms with van der Waals surface area (Å²) in [7, 11) is 1.63. The number of rotatable bonds is 15. The standard InChI is InChI=1S/C37H46N6O9/c1-22(33(45)29-20-39-12-11-26(29)32-25-6-4-3-5-23(25)21-42(32)37(49)38-2)52-18-17-51-16-15-50-14-13-40-24-7-8-27-28(19-24)36(48)43(35(27)47)30-9-10-31(44)41-34(30)46/h3-8,19,22,26,29-30,32,39-40H,9-18,20-21H2,1-2H3,(H,38,49)(H,41,44,46). The molecule has 0 aliphatic carbocycles. The van der Waals surface area contributed by atoms with Crippen LogP contribution in [0.2, 0.25) is 0 Å². The van der Waals surface area contributed by atoms with Crippen molar-refractivity contribution < 1.29 is 43.0 Å². The third-order valence-electron chi connectivity index (χ3n) is 10.2. The van der Waals surface area contributed by atoms with E-state index >= 15 is 0 Å². The predicted molar refractivity (Wildman–Crippen MR) is 187 cm³/mol. The summed E-state index contributed by atoms with van der Waals surface area (Å²) >= 11 is 0. The summed E-state index contributed by atoms with van der Waals surface area (Å²) in [5, 5.41) is 11.5. The van der Waals surface area contributed by atoms with Crippen LogP contribution in [0.25, 0.3) is 0 Å². The van der Waals surface area contributed by atoms with E-state index < -0.39 is 35.8 Å². The Hall–Kier alpha value is -4.70. The molecule has 0 spiro atoms. The van der Waals surface area contributed by atoms with Gasteiger partial charge in [-0.25, -0.2) is 4.79 Å². The maximum atomic E-state index is 13.7. The van der Waals surface area contributed by atoms with Crippen molar-refractivity contribution in [2.45, 2.75) is 50.9 Å². The van der Waals surface area contributed by atoms with E-state index in [4.69, 9.17) is 14.2 Å². The molecule has 4 heterocycles. The van der Waals surface area contributed by atoms with Crippen LogP contribution in [0.3, 0.4) is 0 Å². The van der Waals surface area contributed by atoms with Gasteiger partial charge in [-0.3, -0.25) is 34.2 Å². The molecule has 6 amide bonds. The Kier molecular flexibility index (Phi) is 11.9. The number of amides is 6. The fourth-order valence-electron chi connectivity index (χ4n) is 7.63. The van der Waals surface area contributed by atoms with Crippen LogP contribution in [0.1, 0.15) is 64.1 Å². The highest BCUT2D eigenvalue weighted by Crippen LogP contribution is 2.44. The van der Waals surface area contributed by atoms with E-state index in [-0.39, 0.29) is 60.3 Å². The first-order chi connectivity index (χ1) is 25.2. The molecule has 5 unspecified atom stereocenters. The molecule has 0 saturated carbocycles. The number of piperidine rings is 2. The molecule has 15 heteroatoms. The summed E-state index contributed by atoms with van der Waals surface area (Å²) in [6.45, 7) is 5.61. The average molecular weight is 719 g/mol. The molecule has 2 fully saturated rings. The van der Waals surface area contributed by atoms with E-state index in [2.05, 4.69) is 27.3 Å². The van der Waals surface area contributed by atoms with Gasteiger partial charge in [0.05, 0.1) is 50.2 Å². The largest absolute Gasteiger partial charge is 0.383 e. The Morgan fingerprint density at radius 2 is 1.69 bits per heavy atom. The monoisotopic (exact) mass is 718 g/mol. The third kappa shape index (κ3) is 7.87. The second kappa shape index (κ2) is 16.8. The summed E-state index contributed by atoms with van der Waals surface area (Å²) in [6, 6.07) is 11.5. The van der Waals surface area contributed by atoms with E-state index in [1.54, 1.807) is 32.2 Å². The fraction of sp³-hybridized carbons (Fsp3) is 0.514. The van der Waals surface area contributed by atoms with Crippen LogP contribution in [-0.4, -0.2) is 117 Å². The molecule has 15 nitrogen and oxygen atoms in total. The topological polar surface area (TPSA) is 185 Å². The van der Waals surface area contributed by atoms with Gasteiger partial charge in [-0.2, -0.15) is 0 Å². The second-order valence-corrected chi connectivity index (χ2v) is 13.4. The zero-order valence-corrected chi connectivity index (χ0v) is 29.5. The van der Waals surface area contributed by atoms with Gasteiger partial charge < -0.3 is 35.1 Å². The molecular formula is C37H46N6O9. The lowest BCUT2D eigenvalue weighted by Gasteiger charge is -2.40. The average Bonchev–Trinajstić information content (AvgIpc) is 3.66. The van der Waals surface area contributed by atoms with Gasteiger partial charge in [0.1, 0.15) is 12.1 Å². The number of benzene rings is 2.